The van der Waals surface area contributed by atoms with Gasteiger partial charge in [0.2, 0.25) is 0 Å². The summed E-state index contributed by atoms with van der Waals surface area (Å²) in [5.74, 6) is 1.52. The van der Waals surface area contributed by atoms with Crippen molar-refractivity contribution in [2.75, 3.05) is 6.54 Å². The van der Waals surface area contributed by atoms with Gasteiger partial charge in [0.25, 0.3) is 0 Å². The SMILES string of the molecule is CCNC(c1cc(Cl)cc(Cl)c1)C1CCCC(C)C1. The van der Waals surface area contributed by atoms with Gasteiger partial charge < -0.3 is 5.32 Å². The van der Waals surface area contributed by atoms with Crippen LogP contribution in [0.5, 0.6) is 0 Å². The summed E-state index contributed by atoms with van der Waals surface area (Å²) in [5, 5.41) is 5.09. The van der Waals surface area contributed by atoms with E-state index in [1.54, 1.807) is 6.07 Å². The molecule has 1 saturated carbocycles. The Kier molecular flexibility index (Phi) is 5.56. The Balaban J connectivity index is 2.22. The molecule has 1 nitrogen and oxygen atoms in total. The van der Waals surface area contributed by atoms with Crippen LogP contribution < -0.4 is 5.32 Å². The van der Waals surface area contributed by atoms with Crippen molar-refractivity contribution in [1.29, 1.82) is 0 Å². The van der Waals surface area contributed by atoms with Crippen LogP contribution in [0.15, 0.2) is 18.2 Å². The monoisotopic (exact) mass is 299 g/mol. The third-order valence-corrected chi connectivity index (χ3v) is 4.55. The van der Waals surface area contributed by atoms with E-state index in [1.807, 2.05) is 0 Å². The summed E-state index contributed by atoms with van der Waals surface area (Å²) in [6, 6.07) is 6.29. The standard InChI is InChI=1S/C16H23Cl2N/c1-3-19-16(12-6-4-5-11(2)7-12)13-8-14(17)10-15(18)9-13/h8-12,16,19H,3-7H2,1-2H3. The minimum absolute atomic E-state index is 0.379. The highest BCUT2D eigenvalue weighted by molar-refractivity contribution is 6.34. The van der Waals surface area contributed by atoms with Gasteiger partial charge in [0.1, 0.15) is 0 Å². The fourth-order valence-corrected chi connectivity index (χ4v) is 3.86. The molecule has 1 N–H and O–H groups in total. The molecule has 19 heavy (non-hydrogen) atoms. The molecule has 1 aromatic rings. The van der Waals surface area contributed by atoms with E-state index in [-0.39, 0.29) is 0 Å². The second-order valence-electron chi connectivity index (χ2n) is 5.77. The van der Waals surface area contributed by atoms with E-state index in [0.717, 1.165) is 22.5 Å². The highest BCUT2D eigenvalue weighted by Crippen LogP contribution is 2.38. The fourth-order valence-electron chi connectivity index (χ4n) is 3.32. The first-order valence-corrected chi connectivity index (χ1v) is 8.05. The lowest BCUT2D eigenvalue weighted by Gasteiger charge is -2.34. The first-order chi connectivity index (χ1) is 9.10. The summed E-state index contributed by atoms with van der Waals surface area (Å²) in [7, 11) is 0. The van der Waals surface area contributed by atoms with Gasteiger partial charge in [-0.25, -0.2) is 0 Å². The van der Waals surface area contributed by atoms with Crippen molar-refractivity contribution < 1.29 is 0 Å². The zero-order chi connectivity index (χ0) is 13.8. The smallest absolute Gasteiger partial charge is 0.0424 e. The van der Waals surface area contributed by atoms with Crippen LogP contribution >= 0.6 is 23.2 Å². The van der Waals surface area contributed by atoms with E-state index in [0.29, 0.717) is 12.0 Å². The average molecular weight is 300 g/mol. The largest absolute Gasteiger partial charge is 0.310 e. The van der Waals surface area contributed by atoms with Crippen LogP contribution in [0.4, 0.5) is 0 Å². The predicted molar refractivity (Wildman–Crippen MR) is 84.0 cm³/mol. The van der Waals surface area contributed by atoms with Gasteiger partial charge in [0.05, 0.1) is 0 Å². The molecule has 0 spiro atoms. The Morgan fingerprint density at radius 1 is 1.21 bits per heavy atom. The highest BCUT2D eigenvalue weighted by Gasteiger charge is 2.27. The molecular weight excluding hydrogens is 277 g/mol. The molecule has 0 heterocycles. The first kappa shape index (κ1) is 15.2. The summed E-state index contributed by atoms with van der Waals surface area (Å²) in [6.07, 6.45) is 5.29. The summed E-state index contributed by atoms with van der Waals surface area (Å²) in [6.45, 7) is 5.49. The number of rotatable bonds is 4. The molecule has 1 aliphatic rings. The number of benzene rings is 1. The van der Waals surface area contributed by atoms with Crippen molar-refractivity contribution in [2.45, 2.75) is 45.6 Å². The molecule has 3 heteroatoms. The van der Waals surface area contributed by atoms with Crippen molar-refractivity contribution >= 4 is 23.2 Å². The lowest BCUT2D eigenvalue weighted by Crippen LogP contribution is -2.31. The van der Waals surface area contributed by atoms with Crippen molar-refractivity contribution in [3.63, 3.8) is 0 Å². The molecule has 1 aliphatic carbocycles. The van der Waals surface area contributed by atoms with Crippen molar-refractivity contribution in [1.82, 2.24) is 5.32 Å². The van der Waals surface area contributed by atoms with Crippen molar-refractivity contribution in [3.8, 4) is 0 Å². The topological polar surface area (TPSA) is 12.0 Å². The second kappa shape index (κ2) is 6.97. The number of nitrogens with one attached hydrogen (secondary N) is 1. The third-order valence-electron chi connectivity index (χ3n) is 4.12. The normalized spacial score (nSPS) is 25.3. The Bertz CT molecular complexity index is 399. The molecule has 106 valence electrons. The molecule has 0 aromatic heterocycles. The van der Waals surface area contributed by atoms with Gasteiger partial charge in [0, 0.05) is 16.1 Å². The third kappa shape index (κ3) is 4.11. The molecule has 0 radical (unpaired) electrons. The highest BCUT2D eigenvalue weighted by atomic mass is 35.5. The molecule has 0 aliphatic heterocycles. The lowest BCUT2D eigenvalue weighted by molar-refractivity contribution is 0.225. The molecule has 0 saturated heterocycles. The molecule has 1 aromatic carbocycles. The molecule has 1 fully saturated rings. The van der Waals surface area contributed by atoms with E-state index in [4.69, 9.17) is 23.2 Å². The van der Waals surface area contributed by atoms with E-state index < -0.39 is 0 Å². The fraction of sp³-hybridized carbons (Fsp3) is 0.625. The van der Waals surface area contributed by atoms with Crippen LogP contribution in [0.1, 0.15) is 51.1 Å². The van der Waals surface area contributed by atoms with Crippen molar-refractivity contribution in [2.24, 2.45) is 11.8 Å². The summed E-state index contributed by atoms with van der Waals surface area (Å²) in [5.41, 5.74) is 1.23. The predicted octanol–water partition coefficient (Wildman–Crippen LogP) is 5.47. The number of hydrogen-bond acceptors (Lipinski definition) is 1. The van der Waals surface area contributed by atoms with Crippen LogP contribution in [-0.4, -0.2) is 6.54 Å². The van der Waals surface area contributed by atoms with Gasteiger partial charge in [-0.1, -0.05) is 49.9 Å². The lowest BCUT2D eigenvalue weighted by atomic mass is 9.76. The van der Waals surface area contributed by atoms with Gasteiger partial charge in [-0.15, -0.1) is 0 Å². The molecule has 0 bridgehead atoms. The first-order valence-electron chi connectivity index (χ1n) is 7.29. The van der Waals surface area contributed by atoms with E-state index in [9.17, 15) is 0 Å². The van der Waals surface area contributed by atoms with E-state index in [1.165, 1.54) is 31.2 Å². The zero-order valence-electron chi connectivity index (χ0n) is 11.8. The average Bonchev–Trinajstić information content (AvgIpc) is 2.34. The Morgan fingerprint density at radius 3 is 2.47 bits per heavy atom. The minimum atomic E-state index is 0.379. The maximum Gasteiger partial charge on any atom is 0.0424 e. The minimum Gasteiger partial charge on any atom is -0.310 e. The summed E-state index contributed by atoms with van der Waals surface area (Å²) < 4.78 is 0. The molecule has 3 unspecified atom stereocenters. The van der Waals surface area contributed by atoms with Crippen LogP contribution in [-0.2, 0) is 0 Å². The van der Waals surface area contributed by atoms with E-state index >= 15 is 0 Å². The molecule has 3 atom stereocenters. The maximum absolute atomic E-state index is 6.15. The van der Waals surface area contributed by atoms with Crippen LogP contribution in [0.25, 0.3) is 0 Å². The van der Waals surface area contributed by atoms with Gasteiger partial charge in [-0.2, -0.15) is 0 Å². The number of halogens is 2. The van der Waals surface area contributed by atoms with Gasteiger partial charge in [-0.05, 0) is 55.0 Å². The van der Waals surface area contributed by atoms with Gasteiger partial charge in [-0.3, -0.25) is 0 Å². The Labute approximate surface area is 126 Å². The maximum atomic E-state index is 6.15. The summed E-state index contributed by atoms with van der Waals surface area (Å²) >= 11 is 12.3. The molecular formula is C16H23Cl2N. The van der Waals surface area contributed by atoms with Crippen LogP contribution in [0.3, 0.4) is 0 Å². The second-order valence-corrected chi connectivity index (χ2v) is 6.64. The van der Waals surface area contributed by atoms with Crippen LogP contribution in [0.2, 0.25) is 10.0 Å². The summed E-state index contributed by atoms with van der Waals surface area (Å²) in [4.78, 5) is 0. The van der Waals surface area contributed by atoms with E-state index in [2.05, 4.69) is 31.3 Å². The number of hydrogen-bond donors (Lipinski definition) is 1. The van der Waals surface area contributed by atoms with Crippen LogP contribution in [0, 0.1) is 11.8 Å². The van der Waals surface area contributed by atoms with Crippen molar-refractivity contribution in [3.05, 3.63) is 33.8 Å². The Morgan fingerprint density at radius 2 is 1.89 bits per heavy atom. The Hall–Kier alpha value is -0.240. The molecule has 0 amide bonds. The van der Waals surface area contributed by atoms with Gasteiger partial charge in [0.15, 0.2) is 0 Å². The molecule has 2 rings (SSSR count). The zero-order valence-corrected chi connectivity index (χ0v) is 13.3. The quantitative estimate of drug-likeness (QED) is 0.777. The van der Waals surface area contributed by atoms with Gasteiger partial charge >= 0.3 is 0 Å².